The number of nitrogens with zero attached hydrogens (tertiary/aromatic N) is 1. The minimum absolute atomic E-state index is 0.0913. The van der Waals surface area contributed by atoms with Crippen LogP contribution in [0.4, 0.5) is 5.69 Å². The Bertz CT molecular complexity index is 662. The number of amides is 1. The van der Waals surface area contributed by atoms with Crippen molar-refractivity contribution in [3.8, 4) is 0 Å². The Morgan fingerprint density at radius 3 is 2.57 bits per heavy atom. The van der Waals surface area contributed by atoms with E-state index in [0.29, 0.717) is 5.69 Å². The van der Waals surface area contributed by atoms with Gasteiger partial charge in [0, 0.05) is 26.9 Å². The number of aryl methyl sites for hydroxylation is 1. The molecule has 1 aromatic carbocycles. The number of rotatable bonds is 4. The molecule has 0 saturated heterocycles. The van der Waals surface area contributed by atoms with Crippen LogP contribution in [-0.4, -0.2) is 10.5 Å². The Morgan fingerprint density at radius 1 is 1.24 bits per heavy atom. The number of benzene rings is 1. The lowest BCUT2D eigenvalue weighted by molar-refractivity contribution is 0.101. The lowest BCUT2D eigenvalue weighted by atomic mass is 10.1. The van der Waals surface area contributed by atoms with Gasteiger partial charge >= 0.3 is 0 Å². The average molecular weight is 414 g/mol. The molecule has 21 heavy (non-hydrogen) atoms. The van der Waals surface area contributed by atoms with Crippen LogP contribution in [0.2, 0.25) is 0 Å². The Hall–Kier alpha value is -1.07. The van der Waals surface area contributed by atoms with Crippen LogP contribution in [0.15, 0.2) is 39.4 Å². The molecule has 112 valence electrons. The molecular formula is C16H18Br2N2O. The van der Waals surface area contributed by atoms with Gasteiger partial charge in [-0.1, -0.05) is 22.9 Å². The van der Waals surface area contributed by atoms with Crippen molar-refractivity contribution in [3.63, 3.8) is 0 Å². The van der Waals surface area contributed by atoms with Crippen LogP contribution >= 0.6 is 31.9 Å². The SMILES string of the molecule is CCc1cc(Br)ccc1NC(=O)c1cc(Br)cn1C(C)C. The molecule has 0 bridgehead atoms. The van der Waals surface area contributed by atoms with Gasteiger partial charge in [0.25, 0.3) is 5.91 Å². The zero-order valence-electron chi connectivity index (χ0n) is 12.3. The largest absolute Gasteiger partial charge is 0.340 e. The molecule has 5 heteroatoms. The van der Waals surface area contributed by atoms with Gasteiger partial charge in [0.15, 0.2) is 0 Å². The molecule has 0 spiro atoms. The summed E-state index contributed by atoms with van der Waals surface area (Å²) in [6.45, 7) is 6.19. The van der Waals surface area contributed by atoms with Crippen LogP contribution in [0, 0.1) is 0 Å². The maximum absolute atomic E-state index is 12.5. The van der Waals surface area contributed by atoms with Crippen LogP contribution in [0.5, 0.6) is 0 Å². The Labute approximate surface area is 142 Å². The van der Waals surface area contributed by atoms with E-state index in [2.05, 4.69) is 57.9 Å². The number of carbonyl (C=O) groups excluding carboxylic acids is 1. The summed E-state index contributed by atoms with van der Waals surface area (Å²) in [7, 11) is 0. The molecular weight excluding hydrogens is 396 g/mol. The lowest BCUT2D eigenvalue weighted by Crippen LogP contribution is -2.18. The highest BCUT2D eigenvalue weighted by atomic mass is 79.9. The van der Waals surface area contributed by atoms with Crippen LogP contribution in [-0.2, 0) is 6.42 Å². The normalized spacial score (nSPS) is 11.0. The molecule has 1 heterocycles. The third-order valence-electron chi connectivity index (χ3n) is 3.30. The van der Waals surface area contributed by atoms with E-state index in [1.807, 2.05) is 35.0 Å². The van der Waals surface area contributed by atoms with Crippen molar-refractivity contribution in [2.75, 3.05) is 5.32 Å². The number of aromatic nitrogens is 1. The van der Waals surface area contributed by atoms with Crippen molar-refractivity contribution < 1.29 is 4.79 Å². The Kier molecular flexibility index (Phi) is 5.27. The first-order valence-corrected chi connectivity index (χ1v) is 8.48. The van der Waals surface area contributed by atoms with Crippen LogP contribution in [0.25, 0.3) is 0 Å². The Morgan fingerprint density at radius 2 is 1.95 bits per heavy atom. The fourth-order valence-corrected chi connectivity index (χ4v) is 3.06. The van der Waals surface area contributed by atoms with Crippen molar-refractivity contribution in [1.29, 1.82) is 0 Å². The van der Waals surface area contributed by atoms with Crippen molar-refractivity contribution in [2.24, 2.45) is 0 Å². The van der Waals surface area contributed by atoms with Gasteiger partial charge in [0.05, 0.1) is 0 Å². The highest BCUT2D eigenvalue weighted by Crippen LogP contribution is 2.24. The molecule has 0 unspecified atom stereocenters. The van der Waals surface area contributed by atoms with Gasteiger partial charge in [-0.05, 0) is 66.0 Å². The van der Waals surface area contributed by atoms with Crippen molar-refractivity contribution >= 4 is 43.5 Å². The van der Waals surface area contributed by atoms with Gasteiger partial charge in [-0.25, -0.2) is 0 Å². The maximum atomic E-state index is 12.5. The average Bonchev–Trinajstić information content (AvgIpc) is 2.83. The fourth-order valence-electron chi connectivity index (χ4n) is 2.22. The van der Waals surface area contributed by atoms with Gasteiger partial charge in [0.2, 0.25) is 0 Å². The van der Waals surface area contributed by atoms with Crippen molar-refractivity contribution in [3.05, 3.63) is 50.7 Å². The van der Waals surface area contributed by atoms with E-state index in [1.165, 1.54) is 0 Å². The van der Waals surface area contributed by atoms with Gasteiger partial charge in [-0.3, -0.25) is 4.79 Å². The number of carbonyl (C=O) groups is 1. The molecule has 0 aliphatic rings. The zero-order chi connectivity index (χ0) is 15.6. The van der Waals surface area contributed by atoms with Crippen molar-refractivity contribution in [2.45, 2.75) is 33.2 Å². The van der Waals surface area contributed by atoms with E-state index in [0.717, 1.165) is 26.6 Å². The van der Waals surface area contributed by atoms with E-state index in [-0.39, 0.29) is 11.9 Å². The lowest BCUT2D eigenvalue weighted by Gasteiger charge is -2.14. The fraction of sp³-hybridized carbons (Fsp3) is 0.312. The first kappa shape index (κ1) is 16.3. The second-order valence-corrected chi connectivity index (χ2v) is 6.99. The van der Waals surface area contributed by atoms with E-state index >= 15 is 0 Å². The molecule has 0 radical (unpaired) electrons. The highest BCUT2D eigenvalue weighted by molar-refractivity contribution is 9.10. The highest BCUT2D eigenvalue weighted by Gasteiger charge is 2.16. The molecule has 2 rings (SSSR count). The molecule has 1 amide bonds. The summed E-state index contributed by atoms with van der Waals surface area (Å²) in [5.74, 6) is -0.0913. The smallest absolute Gasteiger partial charge is 0.272 e. The topological polar surface area (TPSA) is 34.0 Å². The monoisotopic (exact) mass is 412 g/mol. The van der Waals surface area contributed by atoms with E-state index in [4.69, 9.17) is 0 Å². The van der Waals surface area contributed by atoms with Gasteiger partial charge in [0.1, 0.15) is 5.69 Å². The molecule has 1 N–H and O–H groups in total. The summed E-state index contributed by atoms with van der Waals surface area (Å²) in [5.41, 5.74) is 2.62. The molecule has 0 aliphatic carbocycles. The minimum atomic E-state index is -0.0913. The number of hydrogen-bond acceptors (Lipinski definition) is 1. The zero-order valence-corrected chi connectivity index (χ0v) is 15.5. The number of halogens is 2. The standard InChI is InChI=1S/C16H18Br2N2O/c1-4-11-7-12(17)5-6-14(11)19-16(21)15-8-13(18)9-20(15)10(2)3/h5-10H,4H2,1-3H3,(H,19,21). The van der Waals surface area contributed by atoms with Gasteiger partial charge in [-0.15, -0.1) is 0 Å². The molecule has 0 fully saturated rings. The first-order valence-electron chi connectivity index (χ1n) is 6.89. The summed E-state index contributed by atoms with van der Waals surface area (Å²) >= 11 is 6.89. The third-order valence-corrected chi connectivity index (χ3v) is 4.23. The summed E-state index contributed by atoms with van der Waals surface area (Å²) < 4.78 is 3.89. The summed E-state index contributed by atoms with van der Waals surface area (Å²) in [5, 5.41) is 3.01. The third kappa shape index (κ3) is 3.77. The molecule has 2 aromatic rings. The molecule has 0 atom stereocenters. The van der Waals surface area contributed by atoms with Gasteiger partial charge in [-0.2, -0.15) is 0 Å². The summed E-state index contributed by atoms with van der Waals surface area (Å²) in [6, 6.07) is 7.98. The van der Waals surface area contributed by atoms with E-state index in [1.54, 1.807) is 0 Å². The molecule has 0 saturated carbocycles. The summed E-state index contributed by atoms with van der Waals surface area (Å²) in [4.78, 5) is 12.5. The first-order chi connectivity index (χ1) is 9.92. The molecule has 0 aliphatic heterocycles. The number of anilines is 1. The van der Waals surface area contributed by atoms with Crippen LogP contribution in [0.3, 0.4) is 0 Å². The quantitative estimate of drug-likeness (QED) is 0.714. The molecule has 1 aromatic heterocycles. The second kappa shape index (κ2) is 6.79. The second-order valence-electron chi connectivity index (χ2n) is 5.15. The Balaban J connectivity index is 2.30. The predicted octanol–water partition coefficient (Wildman–Crippen LogP) is 5.41. The van der Waals surface area contributed by atoms with E-state index < -0.39 is 0 Å². The minimum Gasteiger partial charge on any atom is -0.340 e. The maximum Gasteiger partial charge on any atom is 0.272 e. The van der Waals surface area contributed by atoms with Crippen LogP contribution in [0.1, 0.15) is 42.9 Å². The van der Waals surface area contributed by atoms with Gasteiger partial charge < -0.3 is 9.88 Å². The molecule has 3 nitrogen and oxygen atoms in total. The number of hydrogen-bond donors (Lipinski definition) is 1. The van der Waals surface area contributed by atoms with Crippen LogP contribution < -0.4 is 5.32 Å². The van der Waals surface area contributed by atoms with Crippen molar-refractivity contribution in [1.82, 2.24) is 4.57 Å². The summed E-state index contributed by atoms with van der Waals surface area (Å²) in [6.07, 6.45) is 2.80. The number of nitrogens with one attached hydrogen (secondary N) is 1. The van der Waals surface area contributed by atoms with E-state index in [9.17, 15) is 4.79 Å². The predicted molar refractivity (Wildman–Crippen MR) is 94.0 cm³/mol.